The average Bonchev–Trinajstić information content (AvgIpc) is 3.57. The Balaban J connectivity index is 1.22. The Kier molecular flexibility index (Phi) is 10.4. The molecule has 3 heterocycles. The predicted octanol–water partition coefficient (Wildman–Crippen LogP) is -0.395. The van der Waals surface area contributed by atoms with Gasteiger partial charge in [0.2, 0.25) is 12.6 Å². The third-order valence-electron chi connectivity index (χ3n) is 11.2. The Hall–Kier alpha value is -4.76. The summed E-state index contributed by atoms with van der Waals surface area (Å²) in [4.78, 5) is 0. The summed E-state index contributed by atoms with van der Waals surface area (Å²) in [5.41, 5.74) is 2.35. The lowest BCUT2D eigenvalue weighted by Gasteiger charge is -2.39. The highest BCUT2D eigenvalue weighted by Crippen LogP contribution is 2.61. The summed E-state index contributed by atoms with van der Waals surface area (Å²) >= 11 is 0. The number of phenols is 3. The van der Waals surface area contributed by atoms with Gasteiger partial charge >= 0.3 is 0 Å². The fourth-order valence-electron chi connectivity index (χ4n) is 8.23. The van der Waals surface area contributed by atoms with Gasteiger partial charge in [0.05, 0.1) is 25.2 Å². The molecule has 8 rings (SSSR count). The first-order valence-corrected chi connectivity index (χ1v) is 18.2. The zero-order valence-electron chi connectivity index (χ0n) is 29.8. The number of aliphatic hydroxyl groups is 9. The molecular weight excluding hydrogens is 752 g/mol. The van der Waals surface area contributed by atoms with Crippen LogP contribution in [0.1, 0.15) is 57.4 Å². The van der Waals surface area contributed by atoms with Gasteiger partial charge in [0.25, 0.3) is 0 Å². The molecule has 304 valence electrons. The molecule has 12 N–H and O–H groups in total. The summed E-state index contributed by atoms with van der Waals surface area (Å²) in [5, 5.41) is 127. The number of phenolic OH excluding ortho intramolecular Hbond substituents is 3. The Bertz CT molecular complexity index is 2070. The van der Waals surface area contributed by atoms with Gasteiger partial charge in [-0.15, -0.1) is 0 Å². The first-order chi connectivity index (χ1) is 27.3. The fourth-order valence-corrected chi connectivity index (χ4v) is 8.23. The van der Waals surface area contributed by atoms with Crippen LogP contribution in [-0.4, -0.2) is 136 Å². The van der Waals surface area contributed by atoms with E-state index in [1.807, 2.05) is 0 Å². The van der Waals surface area contributed by atoms with E-state index in [9.17, 15) is 61.3 Å². The lowest BCUT2D eigenvalue weighted by Crippen LogP contribution is -2.60. The molecule has 14 atom stereocenters. The molecule has 0 aromatic heterocycles. The van der Waals surface area contributed by atoms with E-state index in [1.54, 1.807) is 30.3 Å². The van der Waals surface area contributed by atoms with Crippen LogP contribution in [0.5, 0.6) is 34.5 Å². The number of rotatable bonds is 8. The Morgan fingerprint density at radius 2 is 1.07 bits per heavy atom. The maximum atomic E-state index is 12.2. The molecule has 3 aliphatic heterocycles. The summed E-state index contributed by atoms with van der Waals surface area (Å²) in [6.45, 7) is -1.35. The van der Waals surface area contributed by atoms with Gasteiger partial charge in [-0.3, -0.25) is 0 Å². The van der Waals surface area contributed by atoms with Crippen molar-refractivity contribution in [2.24, 2.45) is 0 Å². The Morgan fingerprint density at radius 3 is 1.65 bits per heavy atom. The van der Waals surface area contributed by atoms with Crippen LogP contribution >= 0.6 is 0 Å². The van der Waals surface area contributed by atoms with Gasteiger partial charge < -0.3 is 85.0 Å². The van der Waals surface area contributed by atoms with E-state index in [-0.39, 0.29) is 40.1 Å². The SMILES string of the molecule is OC[C@H]1O[C@@H](Oc2ccc([C@@H]3Oc4c(O)ccc5c4[C@H]3c3cc(O[C@@H]4O[C@H](CO)[C@@H](O)[C@H](O)[C@H]4O)cc(O)c3[C@@H](c3ccc(O)cc3)[C@@H]5O)cc2)[C@H](O)[C@@H](O)[C@@H]1O. The first kappa shape index (κ1) is 39.1. The molecule has 17 nitrogen and oxygen atoms in total. The molecule has 0 spiro atoms. The molecule has 2 fully saturated rings. The van der Waals surface area contributed by atoms with E-state index in [2.05, 4.69) is 0 Å². The van der Waals surface area contributed by atoms with Crippen molar-refractivity contribution < 1.29 is 85.0 Å². The minimum atomic E-state index is -1.77. The zero-order valence-corrected chi connectivity index (χ0v) is 29.8. The molecule has 1 aliphatic carbocycles. The number of ether oxygens (including phenoxy) is 5. The molecular formula is C40H42O17. The van der Waals surface area contributed by atoms with E-state index < -0.39 is 98.7 Å². The summed E-state index contributed by atoms with van der Waals surface area (Å²) < 4.78 is 29.3. The van der Waals surface area contributed by atoms with Crippen molar-refractivity contribution in [1.29, 1.82) is 0 Å². The largest absolute Gasteiger partial charge is 0.508 e. The van der Waals surface area contributed by atoms with Crippen molar-refractivity contribution in [2.45, 2.75) is 85.5 Å². The molecule has 0 radical (unpaired) electrons. The normalized spacial score (nSPS) is 34.4. The molecule has 0 amide bonds. The van der Waals surface area contributed by atoms with Gasteiger partial charge in [0.15, 0.2) is 11.5 Å². The van der Waals surface area contributed by atoms with Crippen molar-refractivity contribution in [2.75, 3.05) is 13.2 Å². The number of aromatic hydroxyl groups is 3. The molecule has 2 saturated heterocycles. The summed E-state index contributed by atoms with van der Waals surface area (Å²) in [5.74, 6) is -2.33. The van der Waals surface area contributed by atoms with E-state index in [0.717, 1.165) is 0 Å². The molecule has 0 saturated carbocycles. The van der Waals surface area contributed by atoms with Gasteiger partial charge in [-0.1, -0.05) is 30.3 Å². The van der Waals surface area contributed by atoms with Gasteiger partial charge in [-0.25, -0.2) is 0 Å². The molecule has 4 aromatic carbocycles. The standard InChI is InChI=1S/C40H42O17/c41-13-24-31(47)33(49)35(51)39(55-24)53-18-7-3-16(4-8-18)37-29-21-11-19(54-40-36(52)34(50)32(48)25(14-42)56-40)12-23(45)27(21)26(15-1-5-17(43)6-2-15)30(46)20-9-10-22(44)38(57-37)28(20)29/h1-12,24-26,29-37,39-52H,13-14H2/t24-,25-,26-,29-,30-,31-,32-,33+,34+,35-,36-,37+,39-,40-/m1/s1. The van der Waals surface area contributed by atoms with E-state index in [1.165, 1.54) is 42.5 Å². The predicted molar refractivity (Wildman–Crippen MR) is 192 cm³/mol. The van der Waals surface area contributed by atoms with Crippen LogP contribution in [0.2, 0.25) is 0 Å². The molecule has 0 unspecified atom stereocenters. The Labute approximate surface area is 324 Å². The number of fused-ring (bicyclic) bond motifs is 2. The van der Waals surface area contributed by atoms with Crippen LogP contribution in [0.15, 0.2) is 72.8 Å². The van der Waals surface area contributed by atoms with Crippen molar-refractivity contribution in [1.82, 2.24) is 0 Å². The topological polar surface area (TPSA) is 289 Å². The van der Waals surface area contributed by atoms with Crippen LogP contribution in [-0.2, 0) is 9.47 Å². The minimum absolute atomic E-state index is 0.0337. The minimum Gasteiger partial charge on any atom is -0.508 e. The second-order valence-corrected chi connectivity index (χ2v) is 14.6. The lowest BCUT2D eigenvalue weighted by atomic mass is 9.80. The maximum absolute atomic E-state index is 12.2. The molecule has 4 aromatic rings. The van der Waals surface area contributed by atoms with Gasteiger partial charge in [0.1, 0.15) is 77.9 Å². The highest BCUT2D eigenvalue weighted by Gasteiger charge is 2.49. The highest BCUT2D eigenvalue weighted by atomic mass is 16.7. The third kappa shape index (κ3) is 6.69. The van der Waals surface area contributed by atoms with Gasteiger partial charge in [-0.2, -0.15) is 0 Å². The number of benzene rings is 4. The van der Waals surface area contributed by atoms with Crippen LogP contribution in [0.4, 0.5) is 0 Å². The van der Waals surface area contributed by atoms with E-state index >= 15 is 0 Å². The van der Waals surface area contributed by atoms with Crippen LogP contribution in [0, 0.1) is 0 Å². The van der Waals surface area contributed by atoms with Crippen molar-refractivity contribution in [3.63, 3.8) is 0 Å². The lowest BCUT2D eigenvalue weighted by molar-refractivity contribution is -0.277. The van der Waals surface area contributed by atoms with Crippen LogP contribution in [0.3, 0.4) is 0 Å². The molecule has 0 bridgehead atoms. The second-order valence-electron chi connectivity index (χ2n) is 14.6. The monoisotopic (exact) mass is 794 g/mol. The molecule has 57 heavy (non-hydrogen) atoms. The van der Waals surface area contributed by atoms with Crippen LogP contribution in [0.25, 0.3) is 0 Å². The summed E-state index contributed by atoms with van der Waals surface area (Å²) in [7, 11) is 0. The summed E-state index contributed by atoms with van der Waals surface area (Å²) in [6.07, 6.45) is -17.9. The van der Waals surface area contributed by atoms with Crippen molar-refractivity contribution >= 4 is 0 Å². The summed E-state index contributed by atoms with van der Waals surface area (Å²) in [6, 6.07) is 18.0. The number of aliphatic hydroxyl groups excluding tert-OH is 9. The Morgan fingerprint density at radius 1 is 0.509 bits per heavy atom. The van der Waals surface area contributed by atoms with E-state index in [4.69, 9.17) is 23.7 Å². The molecule has 4 aliphatic rings. The van der Waals surface area contributed by atoms with Crippen LogP contribution < -0.4 is 14.2 Å². The van der Waals surface area contributed by atoms with E-state index in [0.29, 0.717) is 27.8 Å². The first-order valence-electron chi connectivity index (χ1n) is 18.2. The number of hydrogen-bond donors (Lipinski definition) is 12. The zero-order chi connectivity index (χ0) is 40.4. The number of hydrogen-bond acceptors (Lipinski definition) is 17. The highest BCUT2D eigenvalue weighted by molar-refractivity contribution is 5.66. The second kappa shape index (κ2) is 15.2. The van der Waals surface area contributed by atoms with Gasteiger partial charge in [-0.05, 0) is 58.7 Å². The maximum Gasteiger partial charge on any atom is 0.229 e. The third-order valence-corrected chi connectivity index (χ3v) is 11.2. The van der Waals surface area contributed by atoms with Gasteiger partial charge in [0, 0.05) is 23.1 Å². The molecule has 17 heteroatoms. The van der Waals surface area contributed by atoms with Crippen molar-refractivity contribution in [3.05, 3.63) is 106 Å². The average molecular weight is 795 g/mol. The van der Waals surface area contributed by atoms with Crippen molar-refractivity contribution in [3.8, 4) is 34.5 Å². The fraction of sp³-hybridized carbons (Fsp3) is 0.400. The smallest absolute Gasteiger partial charge is 0.229 e. The quantitative estimate of drug-likeness (QED) is 0.108.